The maximum atomic E-state index is 12.8. The van der Waals surface area contributed by atoms with E-state index in [-0.39, 0.29) is 17.9 Å². The van der Waals surface area contributed by atoms with Crippen LogP contribution in [0.15, 0.2) is 0 Å². The molecule has 1 saturated carbocycles. The predicted molar refractivity (Wildman–Crippen MR) is 115 cm³/mol. The number of hydrogen-bond donors (Lipinski definition) is 2. The fourth-order valence-corrected chi connectivity index (χ4v) is 4.79. The molecule has 2 rings (SSSR count). The molecule has 1 unspecified atom stereocenters. The highest BCUT2D eigenvalue weighted by molar-refractivity contribution is 5.87. The molecular formula is C23H43N3O2. The number of rotatable bonds is 12. The number of likely N-dealkylation sites (tertiary alicyclic amines) is 1. The molecule has 1 heterocycles. The molecule has 1 aliphatic carbocycles. The number of nitrogens with two attached hydrogens (primary N) is 1. The Morgan fingerprint density at radius 3 is 2.36 bits per heavy atom. The first kappa shape index (κ1) is 23.2. The molecule has 2 amide bonds. The van der Waals surface area contributed by atoms with Gasteiger partial charge in [-0.1, -0.05) is 51.4 Å². The van der Waals surface area contributed by atoms with Gasteiger partial charge in [0.05, 0.1) is 0 Å². The van der Waals surface area contributed by atoms with Crippen molar-refractivity contribution >= 4 is 11.8 Å². The van der Waals surface area contributed by atoms with Gasteiger partial charge in [-0.3, -0.25) is 9.59 Å². The van der Waals surface area contributed by atoms with Crippen LogP contribution in [0.4, 0.5) is 0 Å². The number of carbonyl (C=O) groups excluding carboxylic acids is 2. The Hall–Kier alpha value is -1.10. The van der Waals surface area contributed by atoms with E-state index in [1.54, 1.807) is 0 Å². The van der Waals surface area contributed by atoms with E-state index in [1.165, 1.54) is 51.4 Å². The predicted octanol–water partition coefficient (Wildman–Crippen LogP) is 4.14. The third-order valence-electron chi connectivity index (χ3n) is 6.53. The zero-order valence-electron chi connectivity index (χ0n) is 17.9. The van der Waals surface area contributed by atoms with E-state index in [0.29, 0.717) is 6.42 Å². The minimum absolute atomic E-state index is 0.0577. The SMILES string of the molecule is NCCCCCCCNC(=O)C1CCCCN1C(=O)CCCC1CCCCC1. The quantitative estimate of drug-likeness (QED) is 0.489. The van der Waals surface area contributed by atoms with Gasteiger partial charge in [-0.2, -0.15) is 0 Å². The van der Waals surface area contributed by atoms with Gasteiger partial charge in [-0.25, -0.2) is 0 Å². The van der Waals surface area contributed by atoms with Crippen molar-refractivity contribution in [3.63, 3.8) is 0 Å². The van der Waals surface area contributed by atoms with E-state index >= 15 is 0 Å². The van der Waals surface area contributed by atoms with Crippen LogP contribution in [-0.4, -0.2) is 42.4 Å². The molecular weight excluding hydrogens is 350 g/mol. The van der Waals surface area contributed by atoms with Crippen LogP contribution in [0.2, 0.25) is 0 Å². The number of hydrogen-bond acceptors (Lipinski definition) is 3. The summed E-state index contributed by atoms with van der Waals surface area (Å²) in [5.41, 5.74) is 5.51. The lowest BCUT2D eigenvalue weighted by atomic mass is 9.85. The highest BCUT2D eigenvalue weighted by Crippen LogP contribution is 2.28. The molecule has 1 atom stereocenters. The topological polar surface area (TPSA) is 75.4 Å². The van der Waals surface area contributed by atoms with Crippen molar-refractivity contribution in [2.45, 2.75) is 109 Å². The van der Waals surface area contributed by atoms with Gasteiger partial charge in [-0.05, 0) is 57.4 Å². The molecule has 5 nitrogen and oxygen atoms in total. The highest BCUT2D eigenvalue weighted by Gasteiger charge is 2.31. The zero-order valence-corrected chi connectivity index (χ0v) is 17.9. The third-order valence-corrected chi connectivity index (χ3v) is 6.53. The second-order valence-electron chi connectivity index (χ2n) is 8.84. The van der Waals surface area contributed by atoms with E-state index in [9.17, 15) is 9.59 Å². The maximum absolute atomic E-state index is 12.8. The first-order valence-electron chi connectivity index (χ1n) is 12.0. The van der Waals surface area contributed by atoms with Gasteiger partial charge in [0.2, 0.25) is 11.8 Å². The summed E-state index contributed by atoms with van der Waals surface area (Å²) in [5.74, 6) is 1.08. The van der Waals surface area contributed by atoms with Crippen LogP contribution in [0.1, 0.15) is 103 Å². The van der Waals surface area contributed by atoms with Crippen molar-refractivity contribution in [1.82, 2.24) is 10.2 Å². The molecule has 1 saturated heterocycles. The van der Waals surface area contributed by atoms with Gasteiger partial charge in [0, 0.05) is 19.5 Å². The minimum atomic E-state index is -0.242. The Morgan fingerprint density at radius 2 is 1.57 bits per heavy atom. The van der Waals surface area contributed by atoms with Crippen molar-refractivity contribution in [2.24, 2.45) is 11.7 Å². The molecule has 5 heteroatoms. The Morgan fingerprint density at radius 1 is 0.857 bits per heavy atom. The largest absolute Gasteiger partial charge is 0.354 e. The summed E-state index contributed by atoms with van der Waals surface area (Å²) in [6.45, 7) is 2.24. The summed E-state index contributed by atoms with van der Waals surface area (Å²) in [6, 6.07) is -0.242. The lowest BCUT2D eigenvalue weighted by Crippen LogP contribution is -2.52. The number of nitrogens with zero attached hydrogens (tertiary/aromatic N) is 1. The van der Waals surface area contributed by atoms with Crippen LogP contribution >= 0.6 is 0 Å². The molecule has 0 aromatic rings. The summed E-state index contributed by atoms with van der Waals surface area (Å²) in [5, 5.41) is 3.08. The Balaban J connectivity index is 1.66. The number of unbranched alkanes of at least 4 members (excludes halogenated alkanes) is 4. The van der Waals surface area contributed by atoms with Crippen LogP contribution < -0.4 is 11.1 Å². The summed E-state index contributed by atoms with van der Waals surface area (Å²) >= 11 is 0. The van der Waals surface area contributed by atoms with Crippen molar-refractivity contribution in [1.29, 1.82) is 0 Å². The average Bonchev–Trinajstić information content (AvgIpc) is 2.73. The van der Waals surface area contributed by atoms with E-state index < -0.39 is 0 Å². The fraction of sp³-hybridized carbons (Fsp3) is 0.913. The first-order chi connectivity index (χ1) is 13.7. The van der Waals surface area contributed by atoms with Gasteiger partial charge < -0.3 is 16.0 Å². The van der Waals surface area contributed by atoms with Crippen molar-refractivity contribution in [2.75, 3.05) is 19.6 Å². The van der Waals surface area contributed by atoms with E-state index in [0.717, 1.165) is 70.5 Å². The number of carbonyl (C=O) groups is 2. The monoisotopic (exact) mass is 393 g/mol. The number of amides is 2. The molecule has 1 aliphatic heterocycles. The number of nitrogens with one attached hydrogen (secondary N) is 1. The smallest absolute Gasteiger partial charge is 0.242 e. The normalized spacial score (nSPS) is 20.9. The van der Waals surface area contributed by atoms with Gasteiger partial charge in [0.15, 0.2) is 0 Å². The zero-order chi connectivity index (χ0) is 20.0. The lowest BCUT2D eigenvalue weighted by Gasteiger charge is -2.35. The molecule has 0 aromatic carbocycles. The first-order valence-corrected chi connectivity index (χ1v) is 12.0. The Kier molecular flexibility index (Phi) is 11.6. The van der Waals surface area contributed by atoms with Crippen molar-refractivity contribution < 1.29 is 9.59 Å². The summed E-state index contributed by atoms with van der Waals surface area (Å²) < 4.78 is 0. The van der Waals surface area contributed by atoms with Gasteiger partial charge in [0.1, 0.15) is 6.04 Å². The van der Waals surface area contributed by atoms with E-state index in [4.69, 9.17) is 5.73 Å². The van der Waals surface area contributed by atoms with Crippen molar-refractivity contribution in [3.8, 4) is 0 Å². The van der Waals surface area contributed by atoms with Gasteiger partial charge in [-0.15, -0.1) is 0 Å². The molecule has 3 N–H and O–H groups in total. The molecule has 2 aliphatic rings. The van der Waals surface area contributed by atoms with Crippen LogP contribution in [0.25, 0.3) is 0 Å². The summed E-state index contributed by atoms with van der Waals surface area (Å²) in [6.07, 6.45) is 18.0. The molecule has 0 radical (unpaired) electrons. The van der Waals surface area contributed by atoms with Gasteiger partial charge >= 0.3 is 0 Å². The van der Waals surface area contributed by atoms with Crippen LogP contribution in [-0.2, 0) is 9.59 Å². The molecule has 0 bridgehead atoms. The Labute approximate surface area is 172 Å². The molecule has 0 aromatic heterocycles. The second-order valence-corrected chi connectivity index (χ2v) is 8.84. The molecule has 28 heavy (non-hydrogen) atoms. The molecule has 162 valence electrons. The standard InChI is InChI=1S/C23H43N3O2/c24-17-8-2-1-3-9-18-25-23(28)21-15-7-10-19-26(21)22(27)16-11-14-20-12-5-4-6-13-20/h20-21H,1-19,24H2,(H,25,28). The highest BCUT2D eigenvalue weighted by atomic mass is 16.2. The Bertz CT molecular complexity index is 449. The average molecular weight is 394 g/mol. The maximum Gasteiger partial charge on any atom is 0.242 e. The second kappa shape index (κ2) is 14.0. The fourth-order valence-electron chi connectivity index (χ4n) is 4.79. The van der Waals surface area contributed by atoms with Gasteiger partial charge in [0.25, 0.3) is 0 Å². The van der Waals surface area contributed by atoms with E-state index in [1.807, 2.05) is 4.90 Å². The van der Waals surface area contributed by atoms with Crippen LogP contribution in [0.3, 0.4) is 0 Å². The van der Waals surface area contributed by atoms with E-state index in [2.05, 4.69) is 5.32 Å². The van der Waals surface area contributed by atoms with Crippen LogP contribution in [0.5, 0.6) is 0 Å². The lowest BCUT2D eigenvalue weighted by molar-refractivity contribution is -0.142. The molecule has 2 fully saturated rings. The minimum Gasteiger partial charge on any atom is -0.354 e. The number of piperidine rings is 1. The summed E-state index contributed by atoms with van der Waals surface area (Å²) in [7, 11) is 0. The van der Waals surface area contributed by atoms with Crippen molar-refractivity contribution in [3.05, 3.63) is 0 Å². The summed E-state index contributed by atoms with van der Waals surface area (Å²) in [4.78, 5) is 27.3. The molecule has 0 spiro atoms. The van der Waals surface area contributed by atoms with Crippen LogP contribution in [0, 0.1) is 5.92 Å². The third kappa shape index (κ3) is 8.50.